The summed E-state index contributed by atoms with van der Waals surface area (Å²) in [4.78, 5) is 14.4. The highest BCUT2D eigenvalue weighted by Crippen LogP contribution is 2.36. The molecule has 154 valence electrons. The van der Waals surface area contributed by atoms with Crippen molar-refractivity contribution in [3.8, 4) is 28.7 Å². The zero-order chi connectivity index (χ0) is 20.3. The first-order valence-electron chi connectivity index (χ1n) is 9.95. The van der Waals surface area contributed by atoms with E-state index < -0.39 is 0 Å². The maximum Gasteiger partial charge on any atom is 0.260 e. The molecule has 8 heteroatoms. The molecular weight excluding hydrogens is 386 g/mol. The average Bonchev–Trinajstić information content (AvgIpc) is 3.47. The van der Waals surface area contributed by atoms with Crippen LogP contribution in [0.1, 0.15) is 24.7 Å². The van der Waals surface area contributed by atoms with Crippen LogP contribution in [0.2, 0.25) is 0 Å². The Bertz CT molecular complexity index is 1040. The van der Waals surface area contributed by atoms with Gasteiger partial charge in [0.25, 0.3) is 5.91 Å². The van der Waals surface area contributed by atoms with Crippen LogP contribution in [0.5, 0.6) is 17.2 Å². The van der Waals surface area contributed by atoms with Crippen molar-refractivity contribution in [2.45, 2.75) is 18.8 Å². The number of para-hydroxylation sites is 1. The van der Waals surface area contributed by atoms with Gasteiger partial charge in [0.2, 0.25) is 18.6 Å². The van der Waals surface area contributed by atoms with Crippen LogP contribution in [-0.2, 0) is 4.79 Å². The number of hydrogen-bond acceptors (Lipinski definition) is 7. The van der Waals surface area contributed by atoms with E-state index in [1.165, 1.54) is 0 Å². The topological polar surface area (TPSA) is 86.9 Å². The van der Waals surface area contributed by atoms with E-state index in [1.807, 2.05) is 53.4 Å². The van der Waals surface area contributed by atoms with Crippen molar-refractivity contribution in [3.05, 3.63) is 54.4 Å². The fraction of sp³-hybridized carbons (Fsp3) is 0.318. The van der Waals surface area contributed by atoms with Gasteiger partial charge in [-0.2, -0.15) is 0 Å². The molecule has 0 bridgehead atoms. The zero-order valence-electron chi connectivity index (χ0n) is 16.3. The third kappa shape index (κ3) is 3.80. The highest BCUT2D eigenvalue weighted by Gasteiger charge is 2.29. The normalized spacial score (nSPS) is 17.7. The molecule has 30 heavy (non-hydrogen) atoms. The van der Waals surface area contributed by atoms with E-state index in [1.54, 1.807) is 0 Å². The number of aromatic nitrogens is 2. The minimum absolute atomic E-state index is 0.00897. The third-order valence-corrected chi connectivity index (χ3v) is 5.29. The highest BCUT2D eigenvalue weighted by molar-refractivity contribution is 5.78. The van der Waals surface area contributed by atoms with E-state index in [9.17, 15) is 4.79 Å². The molecule has 2 aromatic carbocycles. The summed E-state index contributed by atoms with van der Waals surface area (Å²) >= 11 is 0. The van der Waals surface area contributed by atoms with Crippen molar-refractivity contribution >= 4 is 5.91 Å². The fourth-order valence-electron chi connectivity index (χ4n) is 3.70. The Labute approximate surface area is 173 Å². The van der Waals surface area contributed by atoms with Gasteiger partial charge < -0.3 is 23.5 Å². The molecule has 2 aliphatic rings. The van der Waals surface area contributed by atoms with Gasteiger partial charge in [-0.15, -0.1) is 10.2 Å². The molecule has 1 atom stereocenters. The molecule has 3 heterocycles. The molecular formula is C22H21N3O5. The van der Waals surface area contributed by atoms with Crippen molar-refractivity contribution in [1.29, 1.82) is 0 Å². The van der Waals surface area contributed by atoms with Gasteiger partial charge in [0.15, 0.2) is 18.1 Å². The van der Waals surface area contributed by atoms with Gasteiger partial charge >= 0.3 is 0 Å². The molecule has 0 spiro atoms. The molecule has 2 aliphatic heterocycles. The molecule has 1 fully saturated rings. The number of carbonyl (C=O) groups is 1. The van der Waals surface area contributed by atoms with Crippen molar-refractivity contribution in [3.63, 3.8) is 0 Å². The standard InChI is InChI=1S/C22H21N3O5/c26-20(13-27-17-6-2-1-3-7-17)25-10-4-5-16(12-25)22-24-23-21(30-22)15-8-9-18-19(11-15)29-14-28-18/h1-3,6-9,11,16H,4-5,10,12-14H2/t16-/m1/s1. The molecule has 0 saturated carbocycles. The lowest BCUT2D eigenvalue weighted by atomic mass is 9.98. The predicted molar refractivity (Wildman–Crippen MR) is 106 cm³/mol. The van der Waals surface area contributed by atoms with Gasteiger partial charge in [-0.25, -0.2) is 0 Å². The van der Waals surface area contributed by atoms with Gasteiger partial charge in [-0.1, -0.05) is 18.2 Å². The van der Waals surface area contributed by atoms with Gasteiger partial charge in [0.05, 0.1) is 5.92 Å². The summed E-state index contributed by atoms with van der Waals surface area (Å²) in [5.41, 5.74) is 0.776. The lowest BCUT2D eigenvalue weighted by molar-refractivity contribution is -0.134. The number of likely N-dealkylation sites (tertiary alicyclic amines) is 1. The van der Waals surface area contributed by atoms with Crippen LogP contribution < -0.4 is 14.2 Å². The quantitative estimate of drug-likeness (QED) is 0.642. The minimum atomic E-state index is -0.0425. The maximum atomic E-state index is 12.6. The second kappa shape index (κ2) is 8.06. The predicted octanol–water partition coefficient (Wildman–Crippen LogP) is 3.25. The van der Waals surface area contributed by atoms with E-state index in [2.05, 4.69) is 10.2 Å². The largest absolute Gasteiger partial charge is 0.484 e. The Balaban J connectivity index is 1.23. The number of benzene rings is 2. The second-order valence-electron chi connectivity index (χ2n) is 7.29. The van der Waals surface area contributed by atoms with Crippen LogP contribution >= 0.6 is 0 Å². The fourth-order valence-corrected chi connectivity index (χ4v) is 3.70. The van der Waals surface area contributed by atoms with Crippen LogP contribution in [0.3, 0.4) is 0 Å². The van der Waals surface area contributed by atoms with E-state index in [0.29, 0.717) is 42.1 Å². The van der Waals surface area contributed by atoms with E-state index >= 15 is 0 Å². The number of piperidine rings is 1. The Kier molecular flexibility index (Phi) is 4.96. The first kappa shape index (κ1) is 18.5. The summed E-state index contributed by atoms with van der Waals surface area (Å²) in [6.07, 6.45) is 1.77. The number of hydrogen-bond donors (Lipinski definition) is 0. The molecule has 1 aromatic heterocycles. The molecule has 8 nitrogen and oxygen atoms in total. The Hall–Kier alpha value is -3.55. The van der Waals surface area contributed by atoms with Gasteiger partial charge in [0, 0.05) is 18.7 Å². The minimum Gasteiger partial charge on any atom is -0.484 e. The van der Waals surface area contributed by atoms with Crippen LogP contribution in [0.25, 0.3) is 11.5 Å². The van der Waals surface area contributed by atoms with E-state index in [0.717, 1.165) is 18.4 Å². The molecule has 0 aliphatic carbocycles. The van der Waals surface area contributed by atoms with Gasteiger partial charge in [-0.3, -0.25) is 4.79 Å². The first-order valence-corrected chi connectivity index (χ1v) is 9.95. The van der Waals surface area contributed by atoms with Crippen molar-refractivity contribution < 1.29 is 23.4 Å². The van der Waals surface area contributed by atoms with Crippen molar-refractivity contribution in [2.24, 2.45) is 0 Å². The smallest absolute Gasteiger partial charge is 0.260 e. The van der Waals surface area contributed by atoms with Crippen LogP contribution in [0.4, 0.5) is 0 Å². The molecule has 0 N–H and O–H groups in total. The van der Waals surface area contributed by atoms with Crippen molar-refractivity contribution in [1.82, 2.24) is 15.1 Å². The number of rotatable bonds is 5. The lowest BCUT2D eigenvalue weighted by Gasteiger charge is -2.31. The summed E-state index contributed by atoms with van der Waals surface area (Å²) in [7, 11) is 0. The summed E-state index contributed by atoms with van der Waals surface area (Å²) in [6, 6.07) is 14.9. The molecule has 5 rings (SSSR count). The summed E-state index contributed by atoms with van der Waals surface area (Å²) < 4.78 is 22.3. The van der Waals surface area contributed by atoms with E-state index in [4.69, 9.17) is 18.6 Å². The number of amides is 1. The third-order valence-electron chi connectivity index (χ3n) is 5.29. The lowest BCUT2D eigenvalue weighted by Crippen LogP contribution is -2.41. The number of nitrogens with zero attached hydrogens (tertiary/aromatic N) is 3. The molecule has 3 aromatic rings. The Morgan fingerprint density at radius 1 is 1.10 bits per heavy atom. The van der Waals surface area contributed by atoms with Gasteiger partial charge in [0.1, 0.15) is 5.75 Å². The van der Waals surface area contributed by atoms with Crippen LogP contribution in [0.15, 0.2) is 52.9 Å². The monoisotopic (exact) mass is 407 g/mol. The molecule has 0 radical (unpaired) electrons. The highest BCUT2D eigenvalue weighted by atomic mass is 16.7. The zero-order valence-corrected chi connectivity index (χ0v) is 16.3. The average molecular weight is 407 g/mol. The summed E-state index contributed by atoms with van der Waals surface area (Å²) in [5, 5.41) is 8.43. The molecule has 1 saturated heterocycles. The van der Waals surface area contributed by atoms with Gasteiger partial charge in [-0.05, 0) is 43.2 Å². The van der Waals surface area contributed by atoms with E-state index in [-0.39, 0.29) is 25.2 Å². The Morgan fingerprint density at radius 2 is 1.97 bits per heavy atom. The van der Waals surface area contributed by atoms with Crippen LogP contribution in [0, 0.1) is 0 Å². The second-order valence-corrected chi connectivity index (χ2v) is 7.29. The molecule has 1 amide bonds. The van der Waals surface area contributed by atoms with Crippen molar-refractivity contribution in [2.75, 3.05) is 26.5 Å². The Morgan fingerprint density at radius 3 is 2.87 bits per heavy atom. The number of fused-ring (bicyclic) bond motifs is 1. The number of ether oxygens (including phenoxy) is 3. The summed E-state index contributed by atoms with van der Waals surface area (Å²) in [5.74, 6) is 3.00. The molecule has 0 unspecified atom stereocenters. The number of carbonyl (C=O) groups excluding carboxylic acids is 1. The van der Waals surface area contributed by atoms with Crippen LogP contribution in [-0.4, -0.2) is 47.5 Å². The summed E-state index contributed by atoms with van der Waals surface area (Å²) in [6.45, 7) is 1.48. The maximum absolute atomic E-state index is 12.6. The first-order chi connectivity index (χ1) is 14.8. The SMILES string of the molecule is O=C(COc1ccccc1)N1CCC[C@@H](c2nnc(-c3ccc4c(c3)OCO4)o2)C1.